The molecule has 15 heavy (non-hydrogen) atoms. The molecule has 0 atom stereocenters. The highest BCUT2D eigenvalue weighted by molar-refractivity contribution is 8.03. The Morgan fingerprint density at radius 2 is 1.80 bits per heavy atom. The molecule has 1 amide bonds. The minimum atomic E-state index is -1.53. The summed E-state index contributed by atoms with van der Waals surface area (Å²) < 4.78 is -0.235. The van der Waals surface area contributed by atoms with Crippen LogP contribution in [0.1, 0.15) is 10.4 Å². The fraction of sp³-hybridized carbons (Fsp3) is 0.222. The number of alkyl halides is 3. The van der Waals surface area contributed by atoms with Gasteiger partial charge in [0, 0.05) is 24.6 Å². The van der Waals surface area contributed by atoms with Gasteiger partial charge in [-0.15, -0.1) is 0 Å². The van der Waals surface area contributed by atoms with Gasteiger partial charge in [-0.3, -0.25) is 9.10 Å². The zero-order valence-electron chi connectivity index (χ0n) is 7.78. The Hall–Kier alpha value is -0.0900. The molecule has 0 bridgehead atoms. The van der Waals surface area contributed by atoms with Crippen molar-refractivity contribution in [3.05, 3.63) is 35.9 Å². The number of carbonyl (C=O) groups is 1. The molecule has 6 heteroatoms. The van der Waals surface area contributed by atoms with Gasteiger partial charge >= 0.3 is 0 Å². The highest BCUT2D eigenvalue weighted by Gasteiger charge is 2.26. The molecule has 0 aliphatic carbocycles. The van der Waals surface area contributed by atoms with Crippen LogP contribution < -0.4 is 0 Å². The van der Waals surface area contributed by atoms with Gasteiger partial charge in [-0.2, -0.15) is 0 Å². The van der Waals surface area contributed by atoms with E-state index in [0.29, 0.717) is 5.56 Å². The minimum absolute atomic E-state index is 0.202. The largest absolute Gasteiger partial charge is 0.282 e. The summed E-state index contributed by atoms with van der Waals surface area (Å²) in [6.07, 6.45) is 0. The molecular weight excluding hydrogens is 277 g/mol. The molecule has 0 heterocycles. The van der Waals surface area contributed by atoms with Crippen molar-refractivity contribution >= 4 is 52.7 Å². The van der Waals surface area contributed by atoms with Crippen LogP contribution >= 0.6 is 46.8 Å². The third-order valence-corrected chi connectivity index (χ3v) is 2.81. The molecule has 0 aromatic heterocycles. The molecular formula is C9H8Cl3NOS. The lowest BCUT2D eigenvalue weighted by Gasteiger charge is -2.19. The number of hydrogen-bond acceptors (Lipinski definition) is 2. The van der Waals surface area contributed by atoms with E-state index in [9.17, 15) is 4.79 Å². The Morgan fingerprint density at radius 1 is 1.27 bits per heavy atom. The average Bonchev–Trinajstić information content (AvgIpc) is 2.15. The molecule has 0 aliphatic heterocycles. The molecule has 1 rings (SSSR count). The number of amides is 1. The second kappa shape index (κ2) is 5.30. The van der Waals surface area contributed by atoms with Crippen molar-refractivity contribution in [2.24, 2.45) is 0 Å². The molecule has 0 spiro atoms. The molecule has 0 radical (unpaired) electrons. The number of benzene rings is 1. The fourth-order valence-corrected chi connectivity index (χ4v) is 2.39. The second-order valence-electron chi connectivity index (χ2n) is 2.71. The molecule has 1 aromatic carbocycles. The van der Waals surface area contributed by atoms with Crippen molar-refractivity contribution in [3.8, 4) is 0 Å². The van der Waals surface area contributed by atoms with E-state index in [4.69, 9.17) is 34.8 Å². The van der Waals surface area contributed by atoms with Crippen LogP contribution in [0.25, 0.3) is 0 Å². The van der Waals surface area contributed by atoms with E-state index in [1.54, 1.807) is 31.3 Å². The summed E-state index contributed by atoms with van der Waals surface area (Å²) in [5.41, 5.74) is 0.557. The summed E-state index contributed by atoms with van der Waals surface area (Å²) in [7, 11) is 1.56. The molecule has 0 aliphatic rings. The van der Waals surface area contributed by atoms with Crippen LogP contribution in [0.4, 0.5) is 0 Å². The third kappa shape index (κ3) is 4.51. The maximum absolute atomic E-state index is 11.8. The summed E-state index contributed by atoms with van der Waals surface area (Å²) in [4.78, 5) is 11.8. The predicted octanol–water partition coefficient (Wildman–Crippen LogP) is 3.73. The summed E-state index contributed by atoms with van der Waals surface area (Å²) in [6.45, 7) is 0. The molecule has 0 saturated carbocycles. The average molecular weight is 285 g/mol. The Morgan fingerprint density at radius 3 is 2.27 bits per heavy atom. The fourth-order valence-electron chi connectivity index (χ4n) is 0.959. The first-order valence-corrected chi connectivity index (χ1v) is 5.90. The lowest BCUT2D eigenvalue weighted by atomic mass is 10.2. The molecule has 82 valence electrons. The van der Waals surface area contributed by atoms with Gasteiger partial charge in [0.25, 0.3) is 9.03 Å². The van der Waals surface area contributed by atoms with E-state index < -0.39 is 3.12 Å². The first-order valence-electron chi connectivity index (χ1n) is 3.99. The molecule has 0 N–H and O–H groups in total. The summed E-state index contributed by atoms with van der Waals surface area (Å²) >= 11 is 17.5. The van der Waals surface area contributed by atoms with Crippen molar-refractivity contribution in [1.82, 2.24) is 4.31 Å². The second-order valence-corrected chi connectivity index (χ2v) is 7.00. The highest BCUT2D eigenvalue weighted by atomic mass is 35.6. The van der Waals surface area contributed by atoms with Crippen LogP contribution in [0.15, 0.2) is 30.3 Å². The van der Waals surface area contributed by atoms with E-state index in [1.165, 1.54) is 4.31 Å². The van der Waals surface area contributed by atoms with Crippen molar-refractivity contribution in [2.45, 2.75) is 3.12 Å². The number of rotatable bonds is 2. The zero-order chi connectivity index (χ0) is 11.5. The molecule has 0 unspecified atom stereocenters. The van der Waals surface area contributed by atoms with Gasteiger partial charge in [0.1, 0.15) is 0 Å². The van der Waals surface area contributed by atoms with Crippen molar-refractivity contribution in [2.75, 3.05) is 7.05 Å². The molecule has 0 fully saturated rings. The Labute approximate surface area is 108 Å². The lowest BCUT2D eigenvalue weighted by Crippen LogP contribution is -2.22. The van der Waals surface area contributed by atoms with Gasteiger partial charge in [-0.05, 0) is 12.1 Å². The Balaban J connectivity index is 2.70. The normalized spacial score (nSPS) is 11.2. The van der Waals surface area contributed by atoms with Gasteiger partial charge in [0.2, 0.25) is 0 Å². The van der Waals surface area contributed by atoms with Crippen LogP contribution in [-0.4, -0.2) is 20.4 Å². The predicted molar refractivity (Wildman–Crippen MR) is 66.4 cm³/mol. The lowest BCUT2D eigenvalue weighted by molar-refractivity contribution is 0.0892. The number of hydrogen-bond donors (Lipinski definition) is 0. The Bertz CT molecular complexity index is 339. The zero-order valence-corrected chi connectivity index (χ0v) is 10.9. The summed E-state index contributed by atoms with van der Waals surface area (Å²) in [5.74, 6) is -0.202. The summed E-state index contributed by atoms with van der Waals surface area (Å²) in [6, 6.07) is 8.80. The SMILES string of the molecule is CN(SC(Cl)(Cl)Cl)C(=O)c1ccccc1. The van der Waals surface area contributed by atoms with E-state index in [2.05, 4.69) is 0 Å². The van der Waals surface area contributed by atoms with Crippen LogP contribution in [0.3, 0.4) is 0 Å². The van der Waals surface area contributed by atoms with Gasteiger partial charge in [0.15, 0.2) is 0 Å². The van der Waals surface area contributed by atoms with E-state index in [1.807, 2.05) is 6.07 Å². The van der Waals surface area contributed by atoms with Crippen LogP contribution in [0.5, 0.6) is 0 Å². The van der Waals surface area contributed by atoms with Crippen molar-refractivity contribution in [3.63, 3.8) is 0 Å². The van der Waals surface area contributed by atoms with Gasteiger partial charge in [-0.25, -0.2) is 0 Å². The van der Waals surface area contributed by atoms with Gasteiger partial charge in [0.05, 0.1) is 0 Å². The topological polar surface area (TPSA) is 20.3 Å². The number of halogens is 3. The summed E-state index contributed by atoms with van der Waals surface area (Å²) in [5, 5.41) is 0. The molecule has 0 saturated heterocycles. The van der Waals surface area contributed by atoms with Crippen LogP contribution in [0, 0.1) is 0 Å². The van der Waals surface area contributed by atoms with Gasteiger partial charge in [-0.1, -0.05) is 53.0 Å². The first kappa shape index (κ1) is 13.0. The third-order valence-electron chi connectivity index (χ3n) is 1.55. The number of nitrogens with zero attached hydrogens (tertiary/aromatic N) is 1. The minimum Gasteiger partial charge on any atom is -0.282 e. The van der Waals surface area contributed by atoms with Crippen LogP contribution in [0.2, 0.25) is 0 Å². The van der Waals surface area contributed by atoms with Crippen LogP contribution in [-0.2, 0) is 0 Å². The quantitative estimate of drug-likeness (QED) is 0.609. The van der Waals surface area contributed by atoms with E-state index in [0.717, 1.165) is 11.9 Å². The van der Waals surface area contributed by atoms with E-state index in [-0.39, 0.29) is 5.91 Å². The molecule has 2 nitrogen and oxygen atoms in total. The molecule has 1 aromatic rings. The monoisotopic (exact) mass is 283 g/mol. The standard InChI is InChI=1S/C9H8Cl3NOS/c1-13(15-9(10,11)12)8(14)7-5-3-2-4-6-7/h2-6H,1H3. The smallest absolute Gasteiger partial charge is 0.263 e. The maximum Gasteiger partial charge on any atom is 0.263 e. The van der Waals surface area contributed by atoms with E-state index >= 15 is 0 Å². The van der Waals surface area contributed by atoms with Gasteiger partial charge < -0.3 is 0 Å². The first-order chi connectivity index (χ1) is 6.90. The van der Waals surface area contributed by atoms with Crippen molar-refractivity contribution < 1.29 is 4.79 Å². The van der Waals surface area contributed by atoms with Crippen molar-refractivity contribution in [1.29, 1.82) is 0 Å². The highest BCUT2D eigenvalue weighted by Crippen LogP contribution is 2.40. The maximum atomic E-state index is 11.8. The Kier molecular flexibility index (Phi) is 4.59. The number of carbonyl (C=O) groups excluding carboxylic acids is 1.